The average Bonchev–Trinajstić information content (AvgIpc) is 3.49. The zero-order valence-electron chi connectivity index (χ0n) is 16.6. The molecule has 0 bridgehead atoms. The van der Waals surface area contributed by atoms with Crippen molar-refractivity contribution in [3.05, 3.63) is 60.0 Å². The van der Waals surface area contributed by atoms with E-state index in [0.29, 0.717) is 11.6 Å². The van der Waals surface area contributed by atoms with Crippen LogP contribution in [-0.4, -0.2) is 44.5 Å². The van der Waals surface area contributed by atoms with Crippen molar-refractivity contribution in [1.82, 2.24) is 24.8 Å². The minimum absolute atomic E-state index is 0.0543. The minimum Gasteiger partial charge on any atom is -0.348 e. The number of benzene rings is 1. The lowest BCUT2D eigenvalue weighted by Gasteiger charge is -2.17. The van der Waals surface area contributed by atoms with E-state index in [1.807, 2.05) is 18.5 Å². The van der Waals surface area contributed by atoms with Crippen molar-refractivity contribution < 1.29 is 4.79 Å². The zero-order chi connectivity index (χ0) is 19.6. The fourth-order valence-electron chi connectivity index (χ4n) is 4.70. The summed E-state index contributed by atoms with van der Waals surface area (Å²) in [5, 5.41) is 3.18. The van der Waals surface area contributed by atoms with Gasteiger partial charge in [0.2, 0.25) is 0 Å². The number of hydrogen-bond donors (Lipinski definition) is 1. The van der Waals surface area contributed by atoms with E-state index in [0.717, 1.165) is 37.2 Å². The molecule has 0 radical (unpaired) electrons. The fourth-order valence-corrected chi connectivity index (χ4v) is 4.70. The molecule has 150 valence electrons. The van der Waals surface area contributed by atoms with Crippen molar-refractivity contribution >= 4 is 17.1 Å². The maximum atomic E-state index is 12.8. The highest BCUT2D eigenvalue weighted by molar-refractivity contribution is 5.96. The summed E-state index contributed by atoms with van der Waals surface area (Å²) in [5.41, 5.74) is 3.60. The van der Waals surface area contributed by atoms with Crippen LogP contribution in [0.3, 0.4) is 0 Å². The first-order valence-electron chi connectivity index (χ1n) is 10.7. The Balaban J connectivity index is 1.22. The van der Waals surface area contributed by atoms with Crippen LogP contribution >= 0.6 is 0 Å². The third-order valence-corrected chi connectivity index (χ3v) is 6.25. The predicted molar refractivity (Wildman–Crippen MR) is 113 cm³/mol. The molecule has 1 atom stereocenters. The SMILES string of the molecule is O=C(NC1CCN(Cc2ccccc2)C1)c1cnc2c(c1)ncn2C1CCCC1. The van der Waals surface area contributed by atoms with E-state index in [1.165, 1.54) is 31.2 Å². The van der Waals surface area contributed by atoms with Crippen molar-refractivity contribution in [2.45, 2.75) is 50.7 Å². The highest BCUT2D eigenvalue weighted by Gasteiger charge is 2.25. The van der Waals surface area contributed by atoms with E-state index in [9.17, 15) is 4.79 Å². The van der Waals surface area contributed by atoms with Crippen LogP contribution in [0.4, 0.5) is 0 Å². The minimum atomic E-state index is -0.0543. The fraction of sp³-hybridized carbons (Fsp3) is 0.435. The summed E-state index contributed by atoms with van der Waals surface area (Å²) in [4.78, 5) is 24.3. The maximum absolute atomic E-state index is 12.8. The molecule has 1 unspecified atom stereocenters. The Bertz CT molecular complexity index is 993. The van der Waals surface area contributed by atoms with E-state index in [4.69, 9.17) is 0 Å². The molecule has 0 spiro atoms. The monoisotopic (exact) mass is 389 g/mol. The number of pyridine rings is 1. The van der Waals surface area contributed by atoms with Gasteiger partial charge in [-0.2, -0.15) is 0 Å². The van der Waals surface area contributed by atoms with Gasteiger partial charge in [0.25, 0.3) is 5.91 Å². The molecule has 6 heteroatoms. The van der Waals surface area contributed by atoms with Gasteiger partial charge in [-0.05, 0) is 30.9 Å². The number of nitrogens with one attached hydrogen (secondary N) is 1. The third-order valence-electron chi connectivity index (χ3n) is 6.25. The number of likely N-dealkylation sites (tertiary alicyclic amines) is 1. The van der Waals surface area contributed by atoms with Gasteiger partial charge in [0, 0.05) is 37.9 Å². The van der Waals surface area contributed by atoms with E-state index in [-0.39, 0.29) is 11.9 Å². The Morgan fingerprint density at radius 1 is 1.10 bits per heavy atom. The summed E-state index contributed by atoms with van der Waals surface area (Å²) < 4.78 is 2.18. The Labute approximate surface area is 171 Å². The second-order valence-corrected chi connectivity index (χ2v) is 8.34. The summed E-state index contributed by atoms with van der Waals surface area (Å²) in [7, 11) is 0. The van der Waals surface area contributed by atoms with Gasteiger partial charge in [0.1, 0.15) is 5.52 Å². The molecule has 1 aliphatic heterocycles. The van der Waals surface area contributed by atoms with Gasteiger partial charge in [-0.3, -0.25) is 9.69 Å². The highest BCUT2D eigenvalue weighted by Crippen LogP contribution is 2.31. The van der Waals surface area contributed by atoms with Crippen LogP contribution in [0, 0.1) is 0 Å². The number of nitrogens with zero attached hydrogens (tertiary/aromatic N) is 4. The second kappa shape index (κ2) is 7.95. The molecule has 2 fully saturated rings. The number of hydrogen-bond acceptors (Lipinski definition) is 4. The van der Waals surface area contributed by atoms with Crippen LogP contribution in [-0.2, 0) is 6.54 Å². The summed E-state index contributed by atoms with van der Waals surface area (Å²) in [6.07, 6.45) is 9.48. The van der Waals surface area contributed by atoms with E-state index in [1.54, 1.807) is 6.20 Å². The smallest absolute Gasteiger partial charge is 0.253 e. The molecule has 29 heavy (non-hydrogen) atoms. The Kier molecular flexibility index (Phi) is 5.02. The van der Waals surface area contributed by atoms with Gasteiger partial charge in [-0.1, -0.05) is 43.2 Å². The molecule has 6 nitrogen and oxygen atoms in total. The van der Waals surface area contributed by atoms with Crippen LogP contribution in [0.5, 0.6) is 0 Å². The molecule has 1 amide bonds. The molecule has 1 aromatic carbocycles. The van der Waals surface area contributed by atoms with Gasteiger partial charge < -0.3 is 9.88 Å². The third kappa shape index (κ3) is 3.90. The molecule has 1 aliphatic carbocycles. The molecule has 1 saturated heterocycles. The van der Waals surface area contributed by atoms with Gasteiger partial charge in [0.05, 0.1) is 11.9 Å². The Morgan fingerprint density at radius 2 is 1.93 bits per heavy atom. The van der Waals surface area contributed by atoms with Crippen molar-refractivity contribution in [2.24, 2.45) is 0 Å². The van der Waals surface area contributed by atoms with Crippen LogP contribution < -0.4 is 5.32 Å². The topological polar surface area (TPSA) is 63.1 Å². The number of amides is 1. The standard InChI is InChI=1S/C23H27N5O/c29-23(26-19-10-11-27(15-19)14-17-6-2-1-3-7-17)18-12-21-22(24-13-18)28(16-25-21)20-8-4-5-9-20/h1-3,6-7,12-13,16,19-20H,4-5,8-11,14-15H2,(H,26,29). The maximum Gasteiger partial charge on any atom is 0.253 e. The first-order valence-corrected chi connectivity index (χ1v) is 10.7. The van der Waals surface area contributed by atoms with E-state index in [2.05, 4.69) is 49.0 Å². The summed E-state index contributed by atoms with van der Waals surface area (Å²) in [6, 6.07) is 13.0. The zero-order valence-corrected chi connectivity index (χ0v) is 16.6. The molecular weight excluding hydrogens is 362 g/mol. The van der Waals surface area contributed by atoms with Gasteiger partial charge in [0.15, 0.2) is 5.65 Å². The molecule has 1 saturated carbocycles. The Morgan fingerprint density at radius 3 is 2.76 bits per heavy atom. The number of fused-ring (bicyclic) bond motifs is 1. The van der Waals surface area contributed by atoms with Crippen molar-refractivity contribution in [1.29, 1.82) is 0 Å². The van der Waals surface area contributed by atoms with Crippen LogP contribution in [0.1, 0.15) is 54.1 Å². The van der Waals surface area contributed by atoms with Crippen molar-refractivity contribution in [3.8, 4) is 0 Å². The molecule has 1 N–H and O–H groups in total. The highest BCUT2D eigenvalue weighted by atomic mass is 16.1. The largest absolute Gasteiger partial charge is 0.348 e. The summed E-state index contributed by atoms with van der Waals surface area (Å²) in [5.74, 6) is -0.0543. The number of imidazole rings is 1. The number of aromatic nitrogens is 3. The lowest BCUT2D eigenvalue weighted by Crippen LogP contribution is -2.37. The summed E-state index contributed by atoms with van der Waals surface area (Å²) >= 11 is 0. The Hall–Kier alpha value is -2.73. The molecule has 2 aromatic heterocycles. The van der Waals surface area contributed by atoms with Gasteiger partial charge >= 0.3 is 0 Å². The molecule has 5 rings (SSSR count). The second-order valence-electron chi connectivity index (χ2n) is 8.34. The summed E-state index contributed by atoms with van der Waals surface area (Å²) in [6.45, 7) is 2.81. The van der Waals surface area contributed by atoms with E-state index < -0.39 is 0 Å². The lowest BCUT2D eigenvalue weighted by atomic mass is 10.2. The molecule has 3 heterocycles. The van der Waals surface area contributed by atoms with Crippen molar-refractivity contribution in [2.75, 3.05) is 13.1 Å². The van der Waals surface area contributed by atoms with Gasteiger partial charge in [-0.25, -0.2) is 9.97 Å². The van der Waals surface area contributed by atoms with Crippen LogP contribution in [0.15, 0.2) is 48.9 Å². The normalized spacial score (nSPS) is 20.5. The average molecular weight is 390 g/mol. The van der Waals surface area contributed by atoms with Gasteiger partial charge in [-0.15, -0.1) is 0 Å². The quantitative estimate of drug-likeness (QED) is 0.725. The lowest BCUT2D eigenvalue weighted by molar-refractivity contribution is 0.0937. The number of rotatable bonds is 5. The number of carbonyl (C=O) groups excluding carboxylic acids is 1. The molecule has 2 aliphatic rings. The first-order chi connectivity index (χ1) is 14.3. The van der Waals surface area contributed by atoms with Crippen LogP contribution in [0.2, 0.25) is 0 Å². The first kappa shape index (κ1) is 18.3. The van der Waals surface area contributed by atoms with Crippen LogP contribution in [0.25, 0.3) is 11.2 Å². The molecule has 3 aromatic rings. The molecular formula is C23H27N5O. The predicted octanol–water partition coefficient (Wildman–Crippen LogP) is 3.55. The van der Waals surface area contributed by atoms with E-state index >= 15 is 0 Å². The van der Waals surface area contributed by atoms with Crippen molar-refractivity contribution in [3.63, 3.8) is 0 Å². The number of carbonyl (C=O) groups is 1.